The van der Waals surface area contributed by atoms with Gasteiger partial charge in [0.25, 0.3) is 5.91 Å². The Kier molecular flexibility index (Phi) is 4.75. The first-order chi connectivity index (χ1) is 11.0. The topological polar surface area (TPSA) is 62.0 Å². The van der Waals surface area contributed by atoms with Crippen molar-refractivity contribution < 1.29 is 22.8 Å². The molecule has 24 heavy (non-hydrogen) atoms. The highest BCUT2D eigenvalue weighted by Crippen LogP contribution is 2.36. The molecule has 0 atom stereocenters. The van der Waals surface area contributed by atoms with E-state index in [-0.39, 0.29) is 17.2 Å². The minimum atomic E-state index is -4.63. The number of halogens is 4. The molecule has 0 radical (unpaired) electrons. The largest absolute Gasteiger partial charge is 0.417 e. The van der Waals surface area contributed by atoms with Crippen LogP contribution in [-0.2, 0) is 6.18 Å². The lowest BCUT2D eigenvalue weighted by molar-refractivity contribution is -0.137. The molecule has 0 unspecified atom stereocenters. The third kappa shape index (κ3) is 3.46. The molecule has 0 aliphatic heterocycles. The van der Waals surface area contributed by atoms with Crippen molar-refractivity contribution in [2.75, 3.05) is 5.32 Å². The van der Waals surface area contributed by atoms with E-state index in [9.17, 15) is 22.8 Å². The zero-order chi connectivity index (χ0) is 18.2. The Labute approximate surface area is 141 Å². The molecular formula is C16H14ClF3N2O2. The molecule has 128 valence electrons. The molecule has 0 spiro atoms. The zero-order valence-corrected chi connectivity index (χ0v) is 13.8. The van der Waals surface area contributed by atoms with E-state index >= 15 is 0 Å². The molecule has 1 aromatic carbocycles. The van der Waals surface area contributed by atoms with Gasteiger partial charge in [-0.3, -0.25) is 9.59 Å². The predicted octanol–water partition coefficient (Wildman–Crippen LogP) is 4.76. The molecule has 4 nitrogen and oxygen atoms in total. The number of hydrogen-bond acceptors (Lipinski definition) is 2. The first-order valence-electron chi connectivity index (χ1n) is 6.90. The van der Waals surface area contributed by atoms with Crippen molar-refractivity contribution in [3.63, 3.8) is 0 Å². The number of rotatable bonds is 3. The van der Waals surface area contributed by atoms with Crippen molar-refractivity contribution in [3.8, 4) is 0 Å². The summed E-state index contributed by atoms with van der Waals surface area (Å²) in [6.45, 7) is 4.61. The Balaban J connectivity index is 2.35. The van der Waals surface area contributed by atoms with E-state index in [0.717, 1.165) is 12.1 Å². The van der Waals surface area contributed by atoms with Crippen molar-refractivity contribution in [2.24, 2.45) is 0 Å². The number of ketones is 1. The van der Waals surface area contributed by atoms with Crippen LogP contribution in [0.15, 0.2) is 18.2 Å². The molecule has 1 amide bonds. The first kappa shape index (κ1) is 18.1. The summed E-state index contributed by atoms with van der Waals surface area (Å²) < 4.78 is 38.6. The van der Waals surface area contributed by atoms with E-state index in [1.54, 1.807) is 13.8 Å². The minimum absolute atomic E-state index is 0.0484. The number of H-pyrrole nitrogens is 1. The van der Waals surface area contributed by atoms with Gasteiger partial charge in [0, 0.05) is 16.9 Å². The van der Waals surface area contributed by atoms with Gasteiger partial charge in [0.2, 0.25) is 0 Å². The highest BCUT2D eigenvalue weighted by atomic mass is 35.5. The maximum absolute atomic E-state index is 12.9. The van der Waals surface area contributed by atoms with Crippen LogP contribution in [-0.4, -0.2) is 16.7 Å². The Hall–Kier alpha value is -2.28. The first-order valence-corrected chi connectivity index (χ1v) is 7.28. The lowest BCUT2D eigenvalue weighted by atomic mass is 10.1. The third-order valence-electron chi connectivity index (χ3n) is 3.55. The Bertz CT molecular complexity index is 825. The summed E-state index contributed by atoms with van der Waals surface area (Å²) in [7, 11) is 0. The Morgan fingerprint density at radius 2 is 1.83 bits per heavy atom. The van der Waals surface area contributed by atoms with Crippen molar-refractivity contribution in [1.29, 1.82) is 0 Å². The van der Waals surface area contributed by atoms with Gasteiger partial charge in [-0.15, -0.1) is 0 Å². The maximum atomic E-state index is 12.9. The predicted molar refractivity (Wildman–Crippen MR) is 84.7 cm³/mol. The van der Waals surface area contributed by atoms with Crippen molar-refractivity contribution >= 4 is 29.0 Å². The second-order valence-corrected chi connectivity index (χ2v) is 5.73. The molecule has 1 aromatic heterocycles. The van der Waals surface area contributed by atoms with Gasteiger partial charge in [-0.25, -0.2) is 0 Å². The molecule has 8 heteroatoms. The molecule has 0 aliphatic rings. The Morgan fingerprint density at radius 1 is 1.21 bits per heavy atom. The third-order valence-corrected chi connectivity index (χ3v) is 3.88. The fourth-order valence-electron chi connectivity index (χ4n) is 2.52. The number of carbonyl (C=O) groups is 2. The van der Waals surface area contributed by atoms with Crippen LogP contribution >= 0.6 is 11.6 Å². The standard InChI is InChI=1S/C16H14ClF3N2O2/c1-7-13(9(3)23)8(2)21-14(7)15(24)22-10-4-5-12(17)11(6-10)16(18,19)20/h4-6,21H,1-3H3,(H,22,24). The summed E-state index contributed by atoms with van der Waals surface area (Å²) in [6.07, 6.45) is -4.63. The van der Waals surface area contributed by atoms with Gasteiger partial charge in [-0.2, -0.15) is 13.2 Å². The normalized spacial score (nSPS) is 11.5. The molecule has 0 fully saturated rings. The lowest BCUT2D eigenvalue weighted by Gasteiger charge is -2.11. The number of carbonyl (C=O) groups excluding carboxylic acids is 2. The van der Waals surface area contributed by atoms with Crippen LogP contribution < -0.4 is 5.32 Å². The fourth-order valence-corrected chi connectivity index (χ4v) is 2.74. The number of aryl methyl sites for hydroxylation is 1. The van der Waals surface area contributed by atoms with Gasteiger partial charge in [0.05, 0.1) is 10.6 Å². The van der Waals surface area contributed by atoms with E-state index in [4.69, 9.17) is 11.6 Å². The molecule has 2 rings (SSSR count). The monoisotopic (exact) mass is 358 g/mol. The fraction of sp³-hybridized carbons (Fsp3) is 0.250. The van der Waals surface area contributed by atoms with E-state index < -0.39 is 22.7 Å². The van der Waals surface area contributed by atoms with E-state index in [1.165, 1.54) is 13.0 Å². The number of amides is 1. The SMILES string of the molecule is CC(=O)c1c(C)[nH]c(C(=O)Nc2ccc(Cl)c(C(F)(F)F)c2)c1C. The smallest absolute Gasteiger partial charge is 0.354 e. The van der Waals surface area contributed by atoms with Gasteiger partial charge >= 0.3 is 6.18 Å². The molecule has 2 N–H and O–H groups in total. The summed E-state index contributed by atoms with van der Waals surface area (Å²) >= 11 is 5.54. The maximum Gasteiger partial charge on any atom is 0.417 e. The number of aromatic amines is 1. The number of aromatic nitrogens is 1. The van der Waals surface area contributed by atoms with Crippen LogP contribution in [0.1, 0.15) is 44.6 Å². The molecule has 0 saturated carbocycles. The summed E-state index contributed by atoms with van der Waals surface area (Å²) in [6, 6.07) is 3.09. The lowest BCUT2D eigenvalue weighted by Crippen LogP contribution is -2.15. The number of Topliss-reactive ketones (excluding diaryl/α,β-unsaturated/α-hetero) is 1. The summed E-state index contributed by atoms with van der Waals surface area (Å²) in [4.78, 5) is 26.7. The van der Waals surface area contributed by atoms with Crippen LogP contribution in [0.5, 0.6) is 0 Å². The van der Waals surface area contributed by atoms with E-state index in [0.29, 0.717) is 16.8 Å². The summed E-state index contributed by atoms with van der Waals surface area (Å²) in [5.41, 5.74) is 0.409. The van der Waals surface area contributed by atoms with Crippen molar-refractivity contribution in [2.45, 2.75) is 26.9 Å². The van der Waals surface area contributed by atoms with Crippen molar-refractivity contribution in [1.82, 2.24) is 4.98 Å². The van der Waals surface area contributed by atoms with Crippen LogP contribution in [0.3, 0.4) is 0 Å². The molecular weight excluding hydrogens is 345 g/mol. The molecule has 0 aliphatic carbocycles. The number of benzene rings is 1. The quantitative estimate of drug-likeness (QED) is 0.777. The second kappa shape index (κ2) is 6.32. The average molecular weight is 359 g/mol. The van der Waals surface area contributed by atoms with Gasteiger partial charge in [0.1, 0.15) is 5.69 Å². The number of hydrogen-bond donors (Lipinski definition) is 2. The zero-order valence-electron chi connectivity index (χ0n) is 13.1. The minimum Gasteiger partial charge on any atom is -0.354 e. The summed E-state index contributed by atoms with van der Waals surface area (Å²) in [5, 5.41) is 1.93. The number of anilines is 1. The van der Waals surface area contributed by atoms with Gasteiger partial charge < -0.3 is 10.3 Å². The van der Waals surface area contributed by atoms with Crippen LogP contribution in [0, 0.1) is 13.8 Å². The van der Waals surface area contributed by atoms with Gasteiger partial charge in [-0.1, -0.05) is 11.6 Å². The van der Waals surface area contributed by atoms with E-state index in [2.05, 4.69) is 10.3 Å². The van der Waals surface area contributed by atoms with Crippen LogP contribution in [0.25, 0.3) is 0 Å². The summed E-state index contributed by atoms with van der Waals surface area (Å²) in [5.74, 6) is -0.843. The number of alkyl halides is 3. The van der Waals surface area contributed by atoms with Crippen LogP contribution in [0.2, 0.25) is 5.02 Å². The molecule has 2 aromatic rings. The van der Waals surface area contributed by atoms with Crippen molar-refractivity contribution in [3.05, 3.63) is 51.3 Å². The van der Waals surface area contributed by atoms with Gasteiger partial charge in [-0.05, 0) is 44.5 Å². The van der Waals surface area contributed by atoms with Gasteiger partial charge in [0.15, 0.2) is 5.78 Å². The van der Waals surface area contributed by atoms with Crippen LogP contribution in [0.4, 0.5) is 18.9 Å². The Morgan fingerprint density at radius 3 is 2.33 bits per heavy atom. The number of nitrogens with one attached hydrogen (secondary N) is 2. The second-order valence-electron chi connectivity index (χ2n) is 5.33. The highest BCUT2D eigenvalue weighted by Gasteiger charge is 2.33. The molecule has 0 saturated heterocycles. The molecule has 1 heterocycles. The highest BCUT2D eigenvalue weighted by molar-refractivity contribution is 6.31. The molecule has 0 bridgehead atoms. The van der Waals surface area contributed by atoms with E-state index in [1.807, 2.05) is 0 Å². The average Bonchev–Trinajstić information content (AvgIpc) is 2.75.